The lowest BCUT2D eigenvalue weighted by atomic mass is 9.64. The number of carboxylic acids is 1. The molecule has 0 bridgehead atoms. The predicted octanol–water partition coefficient (Wildman–Crippen LogP) is -2.37. The second-order valence-corrected chi connectivity index (χ2v) is 11.2. The molecule has 0 radical (unpaired) electrons. The number of aliphatic hydroxyl groups is 8. The predicted molar refractivity (Wildman–Crippen MR) is 120 cm³/mol. The van der Waals surface area contributed by atoms with Crippen LogP contribution in [0.4, 0.5) is 0 Å². The molecule has 12 heteroatoms. The summed E-state index contributed by atoms with van der Waals surface area (Å²) in [4.78, 5) is 12.0. The van der Waals surface area contributed by atoms with Gasteiger partial charge in [-0.3, -0.25) is 0 Å². The van der Waals surface area contributed by atoms with E-state index in [2.05, 4.69) is 0 Å². The van der Waals surface area contributed by atoms with E-state index in [1.54, 1.807) is 0 Å². The number of hydrogen-bond donors (Lipinski definition) is 7. The Labute approximate surface area is 208 Å². The Morgan fingerprint density at radius 1 is 0.889 bits per heavy atom. The fourth-order valence-corrected chi connectivity index (χ4v) is 7.16. The third-order valence-corrected chi connectivity index (χ3v) is 8.97. The van der Waals surface area contributed by atoms with Crippen LogP contribution >= 0.6 is 0 Å². The van der Waals surface area contributed by atoms with Crippen LogP contribution in [0.5, 0.6) is 0 Å². The largest absolute Gasteiger partial charge is 0.479 e. The summed E-state index contributed by atoms with van der Waals surface area (Å²) in [5, 5.41) is 71.1. The molecular weight excluding hydrogens is 480 g/mol. The monoisotopic (exact) mass is 519 g/mol. The van der Waals surface area contributed by atoms with Crippen molar-refractivity contribution in [1.82, 2.24) is 0 Å². The molecule has 3 aliphatic heterocycles. The molecule has 12 nitrogen and oxygen atoms in total. The quantitative estimate of drug-likeness (QED) is 0.192. The summed E-state index contributed by atoms with van der Waals surface area (Å²) in [6, 6.07) is 0. The van der Waals surface area contributed by atoms with E-state index in [0.29, 0.717) is 38.5 Å². The second kappa shape index (κ2) is 10.7. The molecule has 5 rings (SSSR count). The number of carbonyl (C=O) groups is 1. The van der Waals surface area contributed by atoms with Crippen molar-refractivity contribution < 1.29 is 59.5 Å². The van der Waals surface area contributed by atoms with Crippen molar-refractivity contribution in [3.63, 3.8) is 0 Å². The van der Waals surface area contributed by atoms with Crippen LogP contribution in [-0.2, 0) is 19.0 Å². The zero-order valence-corrected chi connectivity index (χ0v) is 20.0. The molecule has 3 saturated heterocycles. The average molecular weight is 520 g/mol. The normalized spacial score (nSPS) is 53.4. The van der Waals surface area contributed by atoms with E-state index in [1.165, 1.54) is 0 Å². The molecule has 3 heterocycles. The fourth-order valence-electron chi connectivity index (χ4n) is 7.16. The highest BCUT2D eigenvalue weighted by Crippen LogP contribution is 2.49. The molecular formula is C24H39O12+. The van der Waals surface area contributed by atoms with Gasteiger partial charge in [-0.05, 0) is 32.1 Å². The van der Waals surface area contributed by atoms with Gasteiger partial charge in [0.2, 0.25) is 0 Å². The van der Waals surface area contributed by atoms with Gasteiger partial charge in [-0.15, -0.1) is 0 Å². The summed E-state index contributed by atoms with van der Waals surface area (Å²) in [6.45, 7) is -0.590. The molecule has 0 spiro atoms. The molecule has 8 N–H and O–H groups in total. The van der Waals surface area contributed by atoms with Gasteiger partial charge < -0.3 is 54.7 Å². The van der Waals surface area contributed by atoms with Gasteiger partial charge in [0.05, 0.1) is 30.8 Å². The molecule has 0 aromatic carbocycles. The Kier molecular flexibility index (Phi) is 7.91. The lowest BCUT2D eigenvalue weighted by Crippen LogP contribution is -2.67. The van der Waals surface area contributed by atoms with Crippen LogP contribution in [0.3, 0.4) is 0 Å². The molecule has 206 valence electrons. The van der Waals surface area contributed by atoms with E-state index in [0.717, 1.165) is 0 Å². The molecule has 5 fully saturated rings. The molecule has 0 amide bonds. The molecule has 0 aromatic rings. The van der Waals surface area contributed by atoms with Gasteiger partial charge in [0, 0.05) is 24.7 Å². The van der Waals surface area contributed by atoms with Crippen LogP contribution in [0.2, 0.25) is 0 Å². The van der Waals surface area contributed by atoms with Gasteiger partial charge in [-0.2, -0.15) is 0 Å². The first-order valence-corrected chi connectivity index (χ1v) is 13.1. The highest BCUT2D eigenvalue weighted by Gasteiger charge is 2.62. The summed E-state index contributed by atoms with van der Waals surface area (Å²) in [7, 11) is 0. The highest BCUT2D eigenvalue weighted by atomic mass is 16.7. The minimum absolute atomic E-state index is 0.0351. The van der Waals surface area contributed by atoms with Crippen molar-refractivity contribution in [3.05, 3.63) is 0 Å². The smallest absolute Gasteiger partial charge is 0.332 e. The maximum absolute atomic E-state index is 12.0. The van der Waals surface area contributed by atoms with Crippen LogP contribution in [0.25, 0.3) is 0 Å². The fraction of sp³-hybridized carbons (Fsp3) is 0.958. The molecule has 5 aliphatic rings. The van der Waals surface area contributed by atoms with Gasteiger partial charge in [0.1, 0.15) is 30.5 Å². The second-order valence-electron chi connectivity index (χ2n) is 11.2. The number of ether oxygens (including phenoxy) is 4. The van der Waals surface area contributed by atoms with Gasteiger partial charge in [0.25, 0.3) is 0 Å². The first-order chi connectivity index (χ1) is 17.2. The van der Waals surface area contributed by atoms with E-state index in [-0.39, 0.29) is 36.4 Å². The third kappa shape index (κ3) is 4.93. The van der Waals surface area contributed by atoms with Crippen LogP contribution in [0.1, 0.15) is 44.9 Å². The lowest BCUT2D eigenvalue weighted by Gasteiger charge is -2.55. The zero-order chi connectivity index (χ0) is 25.7. The van der Waals surface area contributed by atoms with Crippen LogP contribution < -0.4 is 0 Å². The topological polar surface area (TPSA) is 199 Å². The maximum atomic E-state index is 12.0. The Bertz CT molecular complexity index is 772. The summed E-state index contributed by atoms with van der Waals surface area (Å²) in [6.07, 6.45) is -7.71. The van der Waals surface area contributed by atoms with Crippen molar-refractivity contribution in [1.29, 1.82) is 0 Å². The van der Waals surface area contributed by atoms with Crippen molar-refractivity contribution in [2.45, 2.75) is 118 Å². The van der Waals surface area contributed by atoms with E-state index in [9.17, 15) is 40.5 Å². The Morgan fingerprint density at radius 3 is 2.28 bits per heavy atom. The van der Waals surface area contributed by atoms with Crippen molar-refractivity contribution in [2.24, 2.45) is 17.8 Å². The van der Waals surface area contributed by atoms with Gasteiger partial charge >= 0.3 is 5.97 Å². The molecule has 13 unspecified atom stereocenters. The van der Waals surface area contributed by atoms with Gasteiger partial charge in [0.15, 0.2) is 24.6 Å². The number of aliphatic hydroxyl groups excluding tert-OH is 6. The summed E-state index contributed by atoms with van der Waals surface area (Å²) < 4.78 is 23.0. The van der Waals surface area contributed by atoms with Crippen LogP contribution in [0, 0.1) is 17.8 Å². The summed E-state index contributed by atoms with van der Waals surface area (Å²) in [5.41, 5.74) is 0. The Balaban J connectivity index is 1.46. The van der Waals surface area contributed by atoms with E-state index < -0.39 is 73.8 Å². The summed E-state index contributed by atoms with van der Waals surface area (Å²) >= 11 is 0. The Morgan fingerprint density at radius 2 is 1.61 bits per heavy atom. The first kappa shape index (κ1) is 26.7. The van der Waals surface area contributed by atoms with Gasteiger partial charge in [-0.1, -0.05) is 0 Å². The van der Waals surface area contributed by atoms with E-state index >= 15 is 0 Å². The van der Waals surface area contributed by atoms with Crippen molar-refractivity contribution >= 4 is 5.97 Å². The van der Waals surface area contributed by atoms with Crippen molar-refractivity contribution in [2.75, 3.05) is 6.61 Å². The molecule has 2 aliphatic carbocycles. The van der Waals surface area contributed by atoms with Crippen molar-refractivity contribution in [3.8, 4) is 0 Å². The summed E-state index contributed by atoms with van der Waals surface area (Å²) in [5.74, 6) is -1.59. The minimum Gasteiger partial charge on any atom is -0.479 e. The highest BCUT2D eigenvalue weighted by molar-refractivity contribution is 5.72. The van der Waals surface area contributed by atoms with Crippen LogP contribution in [-0.4, -0.2) is 126 Å². The van der Waals surface area contributed by atoms with Crippen LogP contribution in [0.15, 0.2) is 0 Å². The first-order valence-electron chi connectivity index (χ1n) is 13.1. The maximum Gasteiger partial charge on any atom is 0.332 e. The lowest BCUT2D eigenvalue weighted by molar-refractivity contribution is -0.378. The minimum atomic E-state index is -1.60. The number of carboxylic acid groups (broad SMARTS) is 1. The number of rotatable bonds is 5. The standard InChI is InChI=1S/C24H38O12/c25-8-16-18(28)19(29)20(30)24(35-16)36-22-12-7-15(23(31)32)33-13-5-11(27)6-14(17(12)13)34-21(22)9-1-3-10(26)4-2-9/h9-22,24-30H,1-8H2,(H,31,32)/p+1. The van der Waals surface area contributed by atoms with E-state index in [4.69, 9.17) is 18.9 Å². The number of aliphatic carboxylic acids is 1. The number of hydrogen-bond acceptors (Lipinski definition) is 10. The van der Waals surface area contributed by atoms with Gasteiger partial charge in [-0.25, -0.2) is 4.79 Å². The molecule has 2 saturated carbocycles. The molecule has 0 aromatic heterocycles. The molecule has 36 heavy (non-hydrogen) atoms. The Hall–Kier alpha value is -0.930. The SMILES string of the molecule is O=C(O)C1CC2C(OC3OC(CO)C(O)C(O)C3O)C(C3CCC(O)CC3)[OH+]C3CC(O)CC(O1)C32. The third-order valence-electron chi connectivity index (χ3n) is 8.97. The average Bonchev–Trinajstić information content (AvgIpc) is 2.85. The van der Waals surface area contributed by atoms with E-state index in [1.807, 2.05) is 0 Å². The molecule has 13 atom stereocenters. The zero-order valence-electron chi connectivity index (χ0n) is 20.0.